The van der Waals surface area contributed by atoms with E-state index in [4.69, 9.17) is 5.11 Å². The molecule has 1 amide bonds. The van der Waals surface area contributed by atoms with Crippen molar-refractivity contribution in [3.63, 3.8) is 0 Å². The van der Waals surface area contributed by atoms with Crippen molar-refractivity contribution in [3.05, 3.63) is 18.0 Å². The molecule has 1 aromatic heterocycles. The summed E-state index contributed by atoms with van der Waals surface area (Å²) in [4.78, 5) is 16.4. The van der Waals surface area contributed by atoms with Gasteiger partial charge in [0.25, 0.3) is 5.91 Å². The second-order valence-electron chi connectivity index (χ2n) is 5.31. The van der Waals surface area contributed by atoms with Gasteiger partial charge in [0.1, 0.15) is 10.6 Å². The summed E-state index contributed by atoms with van der Waals surface area (Å²) < 4.78 is 26.2. The van der Waals surface area contributed by atoms with E-state index < -0.39 is 10.0 Å². The minimum atomic E-state index is -3.52. The molecular formula is C13H21N3O4S. The molecule has 0 aliphatic carbocycles. The molecule has 1 aromatic rings. The van der Waals surface area contributed by atoms with E-state index in [1.165, 1.54) is 21.5 Å². The van der Waals surface area contributed by atoms with Crippen molar-refractivity contribution in [1.82, 2.24) is 14.2 Å². The highest BCUT2D eigenvalue weighted by atomic mass is 32.2. The fourth-order valence-corrected chi connectivity index (χ4v) is 3.75. The summed E-state index contributed by atoms with van der Waals surface area (Å²) in [5.74, 6) is -0.348. The molecule has 0 bridgehead atoms. The number of H-pyrrole nitrogens is 1. The van der Waals surface area contributed by atoms with Gasteiger partial charge in [0.15, 0.2) is 0 Å². The number of likely N-dealkylation sites (N-methyl/N-ethyl adjacent to an activating group) is 1. The van der Waals surface area contributed by atoms with Gasteiger partial charge in [-0.3, -0.25) is 4.79 Å². The number of aromatic nitrogens is 1. The maximum Gasteiger partial charge on any atom is 0.270 e. The first kappa shape index (κ1) is 16.0. The largest absolute Gasteiger partial charge is 0.394 e. The average Bonchev–Trinajstić information content (AvgIpc) is 3.15. The van der Waals surface area contributed by atoms with E-state index in [0.717, 1.165) is 12.8 Å². The molecule has 1 saturated heterocycles. The number of amides is 1. The highest BCUT2D eigenvalue weighted by molar-refractivity contribution is 7.89. The van der Waals surface area contributed by atoms with E-state index in [0.29, 0.717) is 13.1 Å². The molecule has 21 heavy (non-hydrogen) atoms. The second-order valence-corrected chi connectivity index (χ2v) is 7.25. The zero-order chi connectivity index (χ0) is 15.6. The van der Waals surface area contributed by atoms with E-state index in [1.807, 2.05) is 0 Å². The Bertz CT molecular complexity index is 605. The third-order valence-corrected chi connectivity index (χ3v) is 5.71. The van der Waals surface area contributed by atoms with Crippen LogP contribution in [0, 0.1) is 0 Å². The van der Waals surface area contributed by atoms with Crippen LogP contribution in [0.4, 0.5) is 0 Å². The molecule has 1 aliphatic heterocycles. The van der Waals surface area contributed by atoms with Crippen molar-refractivity contribution in [1.29, 1.82) is 0 Å². The van der Waals surface area contributed by atoms with Crippen molar-refractivity contribution in [2.75, 3.05) is 26.7 Å². The Morgan fingerprint density at radius 2 is 2.10 bits per heavy atom. The lowest BCUT2D eigenvalue weighted by atomic mass is 10.3. The highest BCUT2D eigenvalue weighted by Gasteiger charge is 2.29. The number of sulfonamides is 1. The third kappa shape index (κ3) is 3.12. The van der Waals surface area contributed by atoms with Gasteiger partial charge in [-0.15, -0.1) is 0 Å². The van der Waals surface area contributed by atoms with Crippen LogP contribution >= 0.6 is 0 Å². The predicted molar refractivity (Wildman–Crippen MR) is 77.4 cm³/mol. The SMILES string of the molecule is CC(CO)N(C)C(=O)c1cc(S(=O)(=O)N2CCCC2)c[nH]1. The van der Waals surface area contributed by atoms with Crippen molar-refractivity contribution in [2.45, 2.75) is 30.7 Å². The van der Waals surface area contributed by atoms with Crippen molar-refractivity contribution < 1.29 is 18.3 Å². The number of hydrogen-bond acceptors (Lipinski definition) is 4. The van der Waals surface area contributed by atoms with Gasteiger partial charge in [-0.25, -0.2) is 8.42 Å². The summed E-state index contributed by atoms with van der Waals surface area (Å²) in [6.07, 6.45) is 3.08. The molecule has 1 fully saturated rings. The minimum Gasteiger partial charge on any atom is -0.394 e. The Morgan fingerprint density at radius 1 is 1.48 bits per heavy atom. The number of nitrogens with one attached hydrogen (secondary N) is 1. The Morgan fingerprint density at radius 3 is 2.67 bits per heavy atom. The van der Waals surface area contributed by atoms with Gasteiger partial charge in [-0.2, -0.15) is 4.31 Å². The van der Waals surface area contributed by atoms with Crippen LogP contribution in [0.15, 0.2) is 17.2 Å². The van der Waals surface area contributed by atoms with Crippen LogP contribution in [-0.2, 0) is 10.0 Å². The van der Waals surface area contributed by atoms with E-state index in [9.17, 15) is 13.2 Å². The molecule has 118 valence electrons. The molecule has 2 N–H and O–H groups in total. The van der Waals surface area contributed by atoms with Crippen LogP contribution in [-0.4, -0.2) is 66.4 Å². The van der Waals surface area contributed by atoms with E-state index in [1.54, 1.807) is 14.0 Å². The summed E-state index contributed by atoms with van der Waals surface area (Å²) in [5, 5.41) is 9.07. The topological polar surface area (TPSA) is 93.7 Å². The maximum atomic E-state index is 12.4. The van der Waals surface area contributed by atoms with Crippen molar-refractivity contribution >= 4 is 15.9 Å². The Labute approximate surface area is 124 Å². The Hall–Kier alpha value is -1.38. The number of hydrogen-bond donors (Lipinski definition) is 2. The lowest BCUT2D eigenvalue weighted by molar-refractivity contribution is 0.0677. The smallest absolute Gasteiger partial charge is 0.270 e. The van der Waals surface area contributed by atoms with E-state index in [-0.39, 0.29) is 29.1 Å². The van der Waals surface area contributed by atoms with Crippen LogP contribution in [0.2, 0.25) is 0 Å². The van der Waals surface area contributed by atoms with Gasteiger partial charge in [0.05, 0.1) is 12.6 Å². The average molecular weight is 315 g/mol. The van der Waals surface area contributed by atoms with Crippen molar-refractivity contribution in [2.24, 2.45) is 0 Å². The normalized spacial score (nSPS) is 17.9. The van der Waals surface area contributed by atoms with Crippen LogP contribution in [0.3, 0.4) is 0 Å². The molecule has 1 unspecified atom stereocenters. The van der Waals surface area contributed by atoms with Crippen LogP contribution in [0.25, 0.3) is 0 Å². The molecule has 8 heteroatoms. The number of carbonyl (C=O) groups is 1. The standard InChI is InChI=1S/C13H21N3O4S/c1-10(9-17)15(2)13(18)12-7-11(8-14-12)21(19,20)16-5-3-4-6-16/h7-8,10,14,17H,3-6,9H2,1-2H3. The van der Waals surface area contributed by atoms with Crippen LogP contribution in [0.5, 0.6) is 0 Å². The summed E-state index contributed by atoms with van der Waals surface area (Å²) in [7, 11) is -1.95. The molecule has 7 nitrogen and oxygen atoms in total. The first-order chi connectivity index (χ1) is 9.87. The molecular weight excluding hydrogens is 294 g/mol. The monoisotopic (exact) mass is 315 g/mol. The van der Waals surface area contributed by atoms with Gasteiger partial charge < -0.3 is 15.0 Å². The summed E-state index contributed by atoms with van der Waals surface area (Å²) >= 11 is 0. The Balaban J connectivity index is 2.20. The van der Waals surface area contributed by atoms with Gasteiger partial charge >= 0.3 is 0 Å². The number of aliphatic hydroxyl groups is 1. The zero-order valence-electron chi connectivity index (χ0n) is 12.2. The molecule has 0 saturated carbocycles. The summed E-state index contributed by atoms with van der Waals surface area (Å²) in [6, 6.07) is 1.02. The van der Waals surface area contributed by atoms with Crippen LogP contribution in [0.1, 0.15) is 30.3 Å². The fraction of sp³-hybridized carbons (Fsp3) is 0.615. The first-order valence-electron chi connectivity index (χ1n) is 6.94. The summed E-state index contributed by atoms with van der Waals surface area (Å²) in [5.41, 5.74) is 0.204. The quantitative estimate of drug-likeness (QED) is 0.814. The molecule has 0 radical (unpaired) electrons. The summed E-state index contributed by atoms with van der Waals surface area (Å²) in [6.45, 7) is 2.61. The molecule has 2 heterocycles. The van der Waals surface area contributed by atoms with Gasteiger partial charge in [0, 0.05) is 26.3 Å². The Kier molecular flexibility index (Phi) is 4.70. The maximum absolute atomic E-state index is 12.4. The molecule has 0 spiro atoms. The second kappa shape index (κ2) is 6.17. The van der Waals surface area contributed by atoms with Crippen molar-refractivity contribution in [3.8, 4) is 0 Å². The molecule has 1 atom stereocenters. The highest BCUT2D eigenvalue weighted by Crippen LogP contribution is 2.21. The van der Waals surface area contributed by atoms with Gasteiger partial charge in [-0.1, -0.05) is 0 Å². The molecule has 2 rings (SSSR count). The van der Waals surface area contributed by atoms with E-state index in [2.05, 4.69) is 4.98 Å². The molecule has 0 aromatic carbocycles. The number of nitrogens with zero attached hydrogens (tertiary/aromatic N) is 2. The number of rotatable bonds is 5. The van der Waals surface area contributed by atoms with Gasteiger partial charge in [0.2, 0.25) is 10.0 Å². The minimum absolute atomic E-state index is 0.109. The third-order valence-electron chi connectivity index (χ3n) is 3.84. The first-order valence-corrected chi connectivity index (χ1v) is 8.38. The predicted octanol–water partition coefficient (Wildman–Crippen LogP) is 0.252. The number of carbonyl (C=O) groups excluding carboxylic acids is 1. The fourth-order valence-electron chi connectivity index (χ4n) is 2.24. The number of aliphatic hydroxyl groups excluding tert-OH is 1. The zero-order valence-corrected chi connectivity index (χ0v) is 13.1. The van der Waals surface area contributed by atoms with E-state index >= 15 is 0 Å². The lowest BCUT2D eigenvalue weighted by Gasteiger charge is -2.22. The molecule has 1 aliphatic rings. The lowest BCUT2D eigenvalue weighted by Crippen LogP contribution is -2.37. The van der Waals surface area contributed by atoms with Crippen LogP contribution < -0.4 is 0 Å². The van der Waals surface area contributed by atoms with Gasteiger partial charge in [-0.05, 0) is 25.8 Å². The number of aromatic amines is 1.